The highest BCUT2D eigenvalue weighted by atomic mass is 32.2. The Balaban J connectivity index is 2.23. The highest BCUT2D eigenvalue weighted by molar-refractivity contribution is 7.89. The van der Waals surface area contributed by atoms with E-state index < -0.39 is 10.0 Å². The molecular weight excluding hydrogens is 288 g/mol. The molecule has 0 radical (unpaired) electrons. The van der Waals surface area contributed by atoms with Crippen LogP contribution in [0.2, 0.25) is 0 Å². The summed E-state index contributed by atoms with van der Waals surface area (Å²) in [5.41, 5.74) is 6.15. The van der Waals surface area contributed by atoms with Crippen LogP contribution in [0.15, 0.2) is 23.1 Å². The minimum atomic E-state index is -3.61. The predicted molar refractivity (Wildman–Crippen MR) is 83.8 cm³/mol. The summed E-state index contributed by atoms with van der Waals surface area (Å²) in [6.07, 6.45) is 6.29. The maximum absolute atomic E-state index is 12.6. The second kappa shape index (κ2) is 7.13. The number of hydrogen-bond acceptors (Lipinski definition) is 4. The summed E-state index contributed by atoms with van der Waals surface area (Å²) in [5.74, 6) is 0.354. The van der Waals surface area contributed by atoms with E-state index in [4.69, 9.17) is 10.5 Å². The summed E-state index contributed by atoms with van der Waals surface area (Å²) in [7, 11) is -3.61. The van der Waals surface area contributed by atoms with Crippen LogP contribution in [-0.2, 0) is 10.0 Å². The Labute approximate surface area is 126 Å². The number of sulfonamides is 1. The molecule has 1 aliphatic rings. The number of nitrogen functional groups attached to an aromatic ring is 1. The number of ether oxygens (including phenoxy) is 1. The van der Waals surface area contributed by atoms with Crippen LogP contribution in [0.25, 0.3) is 0 Å². The Morgan fingerprint density at radius 1 is 1.24 bits per heavy atom. The maximum Gasteiger partial charge on any atom is 0.244 e. The van der Waals surface area contributed by atoms with Gasteiger partial charge in [-0.1, -0.05) is 25.7 Å². The Morgan fingerprint density at radius 3 is 2.52 bits per heavy atom. The van der Waals surface area contributed by atoms with Crippen LogP contribution in [-0.4, -0.2) is 21.1 Å². The van der Waals surface area contributed by atoms with E-state index in [1.807, 2.05) is 6.92 Å². The third kappa shape index (κ3) is 4.35. The van der Waals surface area contributed by atoms with Gasteiger partial charge in [0.2, 0.25) is 10.0 Å². The van der Waals surface area contributed by atoms with Crippen molar-refractivity contribution in [1.29, 1.82) is 0 Å². The monoisotopic (exact) mass is 312 g/mol. The highest BCUT2D eigenvalue weighted by Gasteiger charge is 2.24. The molecule has 0 spiro atoms. The van der Waals surface area contributed by atoms with Crippen LogP contribution in [0.4, 0.5) is 5.69 Å². The van der Waals surface area contributed by atoms with Gasteiger partial charge in [0.1, 0.15) is 10.6 Å². The fraction of sp³-hybridized carbons (Fsp3) is 0.600. The SMILES string of the molecule is CCOc1ccc(N)cc1S(=O)(=O)NC1CCCCCC1. The van der Waals surface area contributed by atoms with Gasteiger partial charge in [-0.25, -0.2) is 13.1 Å². The topological polar surface area (TPSA) is 81.4 Å². The molecule has 0 unspecified atom stereocenters. The standard InChI is InChI=1S/C15H24N2O3S/c1-2-20-14-10-9-12(16)11-15(14)21(18,19)17-13-7-5-3-4-6-8-13/h9-11,13,17H,2-8,16H2,1H3. The molecule has 0 aliphatic heterocycles. The summed E-state index contributed by atoms with van der Waals surface area (Å²) < 4.78 is 33.5. The van der Waals surface area contributed by atoms with Gasteiger partial charge >= 0.3 is 0 Å². The first-order valence-corrected chi connectivity index (χ1v) is 9.06. The summed E-state index contributed by atoms with van der Waals surface area (Å²) in [6, 6.07) is 4.73. The lowest BCUT2D eigenvalue weighted by Gasteiger charge is -2.18. The van der Waals surface area contributed by atoms with E-state index in [9.17, 15) is 8.42 Å². The Bertz CT molecular complexity index is 564. The fourth-order valence-electron chi connectivity index (χ4n) is 2.69. The zero-order valence-electron chi connectivity index (χ0n) is 12.5. The van der Waals surface area contributed by atoms with Gasteiger partial charge < -0.3 is 10.5 Å². The van der Waals surface area contributed by atoms with E-state index >= 15 is 0 Å². The Hall–Kier alpha value is -1.27. The minimum Gasteiger partial charge on any atom is -0.492 e. The largest absolute Gasteiger partial charge is 0.492 e. The first kappa shape index (κ1) is 16.1. The van der Waals surface area contributed by atoms with Crippen LogP contribution in [0, 0.1) is 0 Å². The van der Waals surface area contributed by atoms with Crippen molar-refractivity contribution in [2.24, 2.45) is 0 Å². The smallest absolute Gasteiger partial charge is 0.244 e. The van der Waals surface area contributed by atoms with Crippen LogP contribution < -0.4 is 15.2 Å². The van der Waals surface area contributed by atoms with Gasteiger partial charge in [-0.15, -0.1) is 0 Å². The molecule has 1 saturated carbocycles. The number of anilines is 1. The van der Waals surface area contributed by atoms with Crippen LogP contribution >= 0.6 is 0 Å². The minimum absolute atomic E-state index is 0.00778. The maximum atomic E-state index is 12.6. The second-order valence-electron chi connectivity index (χ2n) is 5.45. The summed E-state index contributed by atoms with van der Waals surface area (Å²) >= 11 is 0. The lowest BCUT2D eigenvalue weighted by Crippen LogP contribution is -2.34. The van der Waals surface area contributed by atoms with Gasteiger partial charge in [0, 0.05) is 11.7 Å². The molecule has 21 heavy (non-hydrogen) atoms. The van der Waals surface area contributed by atoms with E-state index in [2.05, 4.69) is 4.72 Å². The molecule has 0 bridgehead atoms. The molecule has 1 fully saturated rings. The van der Waals surface area contributed by atoms with Gasteiger partial charge in [0.25, 0.3) is 0 Å². The normalized spacial score (nSPS) is 17.4. The molecule has 2 rings (SSSR count). The first-order valence-electron chi connectivity index (χ1n) is 7.57. The molecule has 5 nitrogen and oxygen atoms in total. The van der Waals surface area contributed by atoms with E-state index in [1.54, 1.807) is 12.1 Å². The van der Waals surface area contributed by atoms with Gasteiger partial charge in [-0.05, 0) is 38.0 Å². The lowest BCUT2D eigenvalue weighted by molar-refractivity contribution is 0.331. The van der Waals surface area contributed by atoms with Crippen molar-refractivity contribution in [3.8, 4) is 5.75 Å². The summed E-state index contributed by atoms with van der Waals surface area (Å²) in [5, 5.41) is 0. The quantitative estimate of drug-likeness (QED) is 0.647. The molecule has 0 atom stereocenters. The van der Waals surface area contributed by atoms with E-state index in [1.165, 1.54) is 18.9 Å². The van der Waals surface area contributed by atoms with Crippen molar-refractivity contribution in [2.45, 2.75) is 56.4 Å². The number of hydrogen-bond donors (Lipinski definition) is 2. The number of rotatable bonds is 5. The van der Waals surface area contributed by atoms with Crippen molar-refractivity contribution in [1.82, 2.24) is 4.72 Å². The van der Waals surface area contributed by atoms with Gasteiger partial charge in [-0.2, -0.15) is 0 Å². The zero-order chi connectivity index (χ0) is 15.3. The van der Waals surface area contributed by atoms with Crippen LogP contribution in [0.5, 0.6) is 5.75 Å². The van der Waals surface area contributed by atoms with Crippen LogP contribution in [0.3, 0.4) is 0 Å². The van der Waals surface area contributed by atoms with Gasteiger partial charge in [0.05, 0.1) is 6.61 Å². The van der Waals surface area contributed by atoms with Crippen LogP contribution in [0.1, 0.15) is 45.4 Å². The lowest BCUT2D eigenvalue weighted by atomic mass is 10.1. The third-order valence-electron chi connectivity index (χ3n) is 3.73. The number of nitrogens with two attached hydrogens (primary N) is 1. The van der Waals surface area contributed by atoms with E-state index in [0.717, 1.165) is 25.7 Å². The Morgan fingerprint density at radius 2 is 1.90 bits per heavy atom. The third-order valence-corrected chi connectivity index (χ3v) is 5.28. The molecule has 0 saturated heterocycles. The molecule has 6 heteroatoms. The first-order chi connectivity index (χ1) is 10.0. The van der Waals surface area contributed by atoms with E-state index in [0.29, 0.717) is 18.0 Å². The van der Waals surface area contributed by atoms with E-state index in [-0.39, 0.29) is 10.9 Å². The predicted octanol–water partition coefficient (Wildman–Crippen LogP) is 2.67. The fourth-order valence-corrected chi connectivity index (χ4v) is 4.17. The van der Waals surface area contributed by atoms with Crippen molar-refractivity contribution in [3.63, 3.8) is 0 Å². The molecule has 0 aromatic heterocycles. The molecule has 1 aromatic rings. The molecule has 3 N–H and O–H groups in total. The zero-order valence-corrected chi connectivity index (χ0v) is 13.3. The van der Waals surface area contributed by atoms with Crippen molar-refractivity contribution in [2.75, 3.05) is 12.3 Å². The second-order valence-corrected chi connectivity index (χ2v) is 7.13. The highest BCUT2D eigenvalue weighted by Crippen LogP contribution is 2.27. The molecule has 1 aromatic carbocycles. The molecule has 0 heterocycles. The Kier molecular flexibility index (Phi) is 5.47. The molecule has 118 valence electrons. The van der Waals surface area contributed by atoms with Gasteiger partial charge in [-0.3, -0.25) is 0 Å². The van der Waals surface area contributed by atoms with Crippen molar-refractivity contribution in [3.05, 3.63) is 18.2 Å². The summed E-state index contributed by atoms with van der Waals surface area (Å²) in [4.78, 5) is 0.133. The molecule has 1 aliphatic carbocycles. The molecular formula is C15H24N2O3S. The van der Waals surface area contributed by atoms with Gasteiger partial charge in [0.15, 0.2) is 0 Å². The molecule has 0 amide bonds. The number of nitrogens with one attached hydrogen (secondary N) is 1. The average molecular weight is 312 g/mol. The van der Waals surface area contributed by atoms with Crippen molar-refractivity contribution < 1.29 is 13.2 Å². The summed E-state index contributed by atoms with van der Waals surface area (Å²) in [6.45, 7) is 2.24. The van der Waals surface area contributed by atoms with Crippen molar-refractivity contribution >= 4 is 15.7 Å². The average Bonchev–Trinajstić information content (AvgIpc) is 2.69. The number of benzene rings is 1.